The molecular weight excluding hydrogens is 234 g/mol. The number of hydrogen-bond donors (Lipinski definition) is 2. The number of nitrogens with one attached hydrogen (secondary N) is 1. The molecular formula is C14H20ClNO. The lowest BCUT2D eigenvalue weighted by Crippen LogP contribution is -2.16. The first-order chi connectivity index (χ1) is 7.89. The smallest absolute Gasteiger partial charge is 0.124 e. The molecule has 1 aliphatic rings. The number of aromatic hydroxyl groups is 1. The van der Waals surface area contributed by atoms with Gasteiger partial charge in [-0.1, -0.05) is 32.4 Å². The second kappa shape index (κ2) is 4.51. The summed E-state index contributed by atoms with van der Waals surface area (Å²) < 4.78 is 0. The highest BCUT2D eigenvalue weighted by atomic mass is 35.5. The van der Waals surface area contributed by atoms with Crippen molar-refractivity contribution in [2.24, 2.45) is 0 Å². The number of benzene rings is 1. The first-order valence-electron chi connectivity index (χ1n) is 6.16. The van der Waals surface area contributed by atoms with Gasteiger partial charge in [0.05, 0.1) is 0 Å². The average molecular weight is 254 g/mol. The second-order valence-corrected chi connectivity index (χ2v) is 6.23. The van der Waals surface area contributed by atoms with Crippen LogP contribution in [0.2, 0.25) is 5.02 Å². The van der Waals surface area contributed by atoms with E-state index in [1.165, 1.54) is 0 Å². The molecule has 17 heavy (non-hydrogen) atoms. The van der Waals surface area contributed by atoms with Crippen molar-refractivity contribution in [1.82, 2.24) is 5.32 Å². The SMILES string of the molecule is CC(C)(C)c1cc(Cl)cc(C2CCCN2)c1O. The molecule has 94 valence electrons. The van der Waals surface area contributed by atoms with Crippen LogP contribution in [0.15, 0.2) is 12.1 Å². The quantitative estimate of drug-likeness (QED) is 0.799. The molecule has 0 radical (unpaired) electrons. The van der Waals surface area contributed by atoms with Crippen LogP contribution >= 0.6 is 11.6 Å². The molecule has 1 heterocycles. The molecule has 0 spiro atoms. The molecule has 0 saturated carbocycles. The number of rotatable bonds is 1. The van der Waals surface area contributed by atoms with Crippen LogP contribution in [0, 0.1) is 0 Å². The molecule has 0 bridgehead atoms. The minimum absolute atomic E-state index is 0.0949. The van der Waals surface area contributed by atoms with Crippen molar-refractivity contribution in [1.29, 1.82) is 0 Å². The van der Waals surface area contributed by atoms with E-state index in [0.717, 1.165) is 30.5 Å². The fourth-order valence-corrected chi connectivity index (χ4v) is 2.63. The molecule has 2 nitrogen and oxygen atoms in total. The van der Waals surface area contributed by atoms with Crippen LogP contribution in [0.1, 0.15) is 50.8 Å². The highest BCUT2D eigenvalue weighted by Crippen LogP contribution is 2.40. The third kappa shape index (κ3) is 2.58. The summed E-state index contributed by atoms with van der Waals surface area (Å²) in [4.78, 5) is 0. The normalized spacial score (nSPS) is 20.8. The van der Waals surface area contributed by atoms with Gasteiger partial charge in [-0.25, -0.2) is 0 Å². The minimum atomic E-state index is -0.0949. The predicted molar refractivity (Wildman–Crippen MR) is 71.8 cm³/mol. The number of hydrogen-bond acceptors (Lipinski definition) is 2. The van der Waals surface area contributed by atoms with Crippen molar-refractivity contribution in [2.75, 3.05) is 6.54 Å². The molecule has 1 unspecified atom stereocenters. The van der Waals surface area contributed by atoms with Gasteiger partial charge in [0.2, 0.25) is 0 Å². The lowest BCUT2D eigenvalue weighted by molar-refractivity contribution is 0.431. The summed E-state index contributed by atoms with van der Waals surface area (Å²) in [7, 11) is 0. The standard InChI is InChI=1S/C14H20ClNO/c1-14(2,3)11-8-9(15)7-10(13(11)17)12-5-4-6-16-12/h7-8,12,16-17H,4-6H2,1-3H3. The van der Waals surface area contributed by atoms with Gasteiger partial charge in [-0.2, -0.15) is 0 Å². The van der Waals surface area contributed by atoms with Gasteiger partial charge in [0, 0.05) is 22.2 Å². The van der Waals surface area contributed by atoms with Gasteiger partial charge in [0.1, 0.15) is 5.75 Å². The van der Waals surface area contributed by atoms with Gasteiger partial charge in [0.25, 0.3) is 0 Å². The Labute approximate surface area is 108 Å². The molecule has 1 aromatic rings. The van der Waals surface area contributed by atoms with E-state index in [0.29, 0.717) is 10.8 Å². The van der Waals surface area contributed by atoms with Crippen LogP contribution in [0.4, 0.5) is 0 Å². The summed E-state index contributed by atoms with van der Waals surface area (Å²) >= 11 is 6.17. The molecule has 1 aromatic carbocycles. The van der Waals surface area contributed by atoms with Crippen LogP contribution in [-0.4, -0.2) is 11.7 Å². The van der Waals surface area contributed by atoms with E-state index < -0.39 is 0 Å². The van der Waals surface area contributed by atoms with Crippen LogP contribution in [-0.2, 0) is 5.41 Å². The first-order valence-corrected chi connectivity index (χ1v) is 6.53. The molecule has 3 heteroatoms. The van der Waals surface area contributed by atoms with Crippen LogP contribution in [0.3, 0.4) is 0 Å². The Bertz CT molecular complexity index is 417. The molecule has 1 saturated heterocycles. The minimum Gasteiger partial charge on any atom is -0.507 e. The van der Waals surface area contributed by atoms with E-state index >= 15 is 0 Å². The van der Waals surface area contributed by atoms with Crippen LogP contribution in [0.5, 0.6) is 5.75 Å². The van der Waals surface area contributed by atoms with Gasteiger partial charge in [-0.05, 0) is 36.9 Å². The monoisotopic (exact) mass is 253 g/mol. The predicted octanol–water partition coefficient (Wildman–Crippen LogP) is 3.77. The zero-order valence-corrected chi connectivity index (χ0v) is 11.4. The third-order valence-corrected chi connectivity index (χ3v) is 3.57. The third-order valence-electron chi connectivity index (χ3n) is 3.35. The zero-order chi connectivity index (χ0) is 12.6. The van der Waals surface area contributed by atoms with E-state index in [-0.39, 0.29) is 11.5 Å². The molecule has 2 N–H and O–H groups in total. The lowest BCUT2D eigenvalue weighted by atomic mass is 9.84. The van der Waals surface area contributed by atoms with Crippen molar-refractivity contribution in [2.45, 2.75) is 45.1 Å². The van der Waals surface area contributed by atoms with Gasteiger partial charge < -0.3 is 10.4 Å². The fourth-order valence-electron chi connectivity index (χ4n) is 2.41. The zero-order valence-electron chi connectivity index (χ0n) is 10.7. The van der Waals surface area contributed by atoms with Crippen molar-refractivity contribution in [3.63, 3.8) is 0 Å². The van der Waals surface area contributed by atoms with Crippen molar-refractivity contribution in [3.8, 4) is 5.75 Å². The molecule has 1 aliphatic heterocycles. The average Bonchev–Trinajstić information content (AvgIpc) is 2.72. The highest BCUT2D eigenvalue weighted by Gasteiger charge is 2.26. The Morgan fingerprint density at radius 2 is 2.06 bits per heavy atom. The topological polar surface area (TPSA) is 32.3 Å². The van der Waals surface area contributed by atoms with Gasteiger partial charge in [0.15, 0.2) is 0 Å². The van der Waals surface area contributed by atoms with Gasteiger partial charge in [-0.3, -0.25) is 0 Å². The van der Waals surface area contributed by atoms with Gasteiger partial charge >= 0.3 is 0 Å². The Balaban J connectivity index is 2.49. The Kier molecular flexibility index (Phi) is 3.37. The summed E-state index contributed by atoms with van der Waals surface area (Å²) in [5, 5.41) is 14.5. The Hall–Kier alpha value is -0.730. The molecule has 0 amide bonds. The van der Waals surface area contributed by atoms with E-state index in [1.807, 2.05) is 12.1 Å². The van der Waals surface area contributed by atoms with E-state index in [9.17, 15) is 5.11 Å². The largest absolute Gasteiger partial charge is 0.507 e. The highest BCUT2D eigenvalue weighted by molar-refractivity contribution is 6.30. The molecule has 1 fully saturated rings. The second-order valence-electron chi connectivity index (χ2n) is 5.79. The van der Waals surface area contributed by atoms with E-state index in [2.05, 4.69) is 26.1 Å². The van der Waals surface area contributed by atoms with Crippen LogP contribution < -0.4 is 5.32 Å². The summed E-state index contributed by atoms with van der Waals surface area (Å²) in [5.41, 5.74) is 1.77. The molecule has 2 rings (SSSR count). The summed E-state index contributed by atoms with van der Waals surface area (Å²) in [6, 6.07) is 4.00. The summed E-state index contributed by atoms with van der Waals surface area (Å²) in [6.07, 6.45) is 2.22. The maximum atomic E-state index is 10.4. The lowest BCUT2D eigenvalue weighted by Gasteiger charge is -2.24. The fraction of sp³-hybridized carbons (Fsp3) is 0.571. The molecule has 1 atom stereocenters. The number of halogens is 1. The summed E-state index contributed by atoms with van der Waals surface area (Å²) in [5.74, 6) is 0.404. The Morgan fingerprint density at radius 1 is 1.35 bits per heavy atom. The maximum Gasteiger partial charge on any atom is 0.124 e. The first kappa shape index (κ1) is 12.7. The van der Waals surface area contributed by atoms with Crippen molar-refractivity contribution < 1.29 is 5.11 Å². The van der Waals surface area contributed by atoms with E-state index in [1.54, 1.807) is 0 Å². The summed E-state index contributed by atoms with van der Waals surface area (Å²) in [6.45, 7) is 7.28. The maximum absolute atomic E-state index is 10.4. The van der Waals surface area contributed by atoms with Crippen molar-refractivity contribution in [3.05, 3.63) is 28.3 Å². The van der Waals surface area contributed by atoms with Gasteiger partial charge in [-0.15, -0.1) is 0 Å². The molecule has 0 aromatic heterocycles. The molecule has 0 aliphatic carbocycles. The number of phenols is 1. The van der Waals surface area contributed by atoms with E-state index in [4.69, 9.17) is 11.6 Å². The van der Waals surface area contributed by atoms with Crippen molar-refractivity contribution >= 4 is 11.6 Å². The van der Waals surface area contributed by atoms with Crippen LogP contribution in [0.25, 0.3) is 0 Å². The Morgan fingerprint density at radius 3 is 2.59 bits per heavy atom. The number of phenolic OH excluding ortho intramolecular Hbond substituents is 1.